The smallest absolute Gasteiger partial charge is 0.322 e. The Morgan fingerprint density at radius 3 is 2.62 bits per heavy atom. The molecule has 3 heteroatoms. The number of rotatable bonds is 3. The van der Waals surface area contributed by atoms with Crippen LogP contribution in [0.3, 0.4) is 0 Å². The van der Waals surface area contributed by atoms with E-state index in [9.17, 15) is 4.79 Å². The third-order valence-corrected chi connectivity index (χ3v) is 4.30. The highest BCUT2D eigenvalue weighted by Crippen LogP contribution is 2.27. The molecule has 0 radical (unpaired) electrons. The highest BCUT2D eigenvalue weighted by atomic mass is 16.2. The summed E-state index contributed by atoms with van der Waals surface area (Å²) in [6.07, 6.45) is 4.67. The lowest BCUT2D eigenvalue weighted by molar-refractivity contribution is 0.243. The molecule has 1 aliphatic rings. The van der Waals surface area contributed by atoms with Crippen molar-refractivity contribution in [2.45, 2.75) is 38.6 Å². The third kappa shape index (κ3) is 2.87. The van der Waals surface area contributed by atoms with E-state index in [1.54, 1.807) is 0 Å². The molecule has 110 valence electrons. The van der Waals surface area contributed by atoms with Crippen LogP contribution >= 0.6 is 0 Å². The normalized spacial score (nSPS) is 15.3. The van der Waals surface area contributed by atoms with E-state index in [1.807, 2.05) is 36.1 Å². The van der Waals surface area contributed by atoms with Crippen LogP contribution in [-0.2, 0) is 0 Å². The summed E-state index contributed by atoms with van der Waals surface area (Å²) in [6, 6.07) is 14.7. The molecule has 1 N–H and O–H groups in total. The molecule has 0 atom stereocenters. The first-order valence-corrected chi connectivity index (χ1v) is 7.85. The number of carbonyl (C=O) groups is 1. The summed E-state index contributed by atoms with van der Waals surface area (Å²) in [4.78, 5) is 14.4. The van der Waals surface area contributed by atoms with Crippen molar-refractivity contribution in [2.24, 2.45) is 0 Å². The van der Waals surface area contributed by atoms with Crippen LogP contribution in [0.1, 0.15) is 32.6 Å². The lowest BCUT2D eigenvalue weighted by atomic mass is 10.1. The minimum atomic E-state index is 0.0285. The lowest BCUT2D eigenvalue weighted by Crippen LogP contribution is -2.44. The number of carbonyl (C=O) groups excluding carboxylic acids is 1. The molecule has 0 aromatic heterocycles. The van der Waals surface area contributed by atoms with Gasteiger partial charge in [-0.2, -0.15) is 0 Å². The minimum absolute atomic E-state index is 0.0285. The van der Waals surface area contributed by atoms with Gasteiger partial charge in [-0.1, -0.05) is 49.2 Å². The van der Waals surface area contributed by atoms with Gasteiger partial charge < -0.3 is 5.32 Å². The molecule has 21 heavy (non-hydrogen) atoms. The first kappa shape index (κ1) is 13.9. The second-order valence-electron chi connectivity index (χ2n) is 5.67. The van der Waals surface area contributed by atoms with Gasteiger partial charge in [-0.3, -0.25) is 4.90 Å². The molecular weight excluding hydrogens is 260 g/mol. The van der Waals surface area contributed by atoms with Crippen molar-refractivity contribution in [3.05, 3.63) is 42.5 Å². The zero-order valence-corrected chi connectivity index (χ0v) is 12.5. The number of benzene rings is 2. The van der Waals surface area contributed by atoms with Crippen molar-refractivity contribution in [3.63, 3.8) is 0 Å². The predicted molar refractivity (Wildman–Crippen MR) is 87.8 cm³/mol. The highest BCUT2D eigenvalue weighted by molar-refractivity contribution is 6.03. The Morgan fingerprint density at radius 1 is 1.14 bits per heavy atom. The van der Waals surface area contributed by atoms with Crippen LogP contribution in [0.15, 0.2) is 42.5 Å². The Labute approximate surface area is 125 Å². The van der Waals surface area contributed by atoms with E-state index in [0.29, 0.717) is 12.6 Å². The Hall–Kier alpha value is -2.03. The van der Waals surface area contributed by atoms with Gasteiger partial charge in [-0.05, 0) is 31.2 Å². The molecule has 0 spiro atoms. The topological polar surface area (TPSA) is 32.3 Å². The predicted octanol–water partition coefficient (Wildman–Crippen LogP) is 4.32. The van der Waals surface area contributed by atoms with Crippen molar-refractivity contribution < 1.29 is 4.79 Å². The molecule has 3 nitrogen and oxygen atoms in total. The van der Waals surface area contributed by atoms with Crippen LogP contribution in [0.2, 0.25) is 0 Å². The summed E-state index contributed by atoms with van der Waals surface area (Å²) in [7, 11) is 0. The summed E-state index contributed by atoms with van der Waals surface area (Å²) in [5.74, 6) is 0. The second kappa shape index (κ2) is 6.17. The zero-order chi connectivity index (χ0) is 14.7. The van der Waals surface area contributed by atoms with Gasteiger partial charge in [0.1, 0.15) is 0 Å². The molecule has 0 bridgehead atoms. The van der Waals surface area contributed by atoms with E-state index >= 15 is 0 Å². The number of amides is 2. The molecule has 2 aromatic carbocycles. The van der Waals surface area contributed by atoms with E-state index < -0.39 is 0 Å². The van der Waals surface area contributed by atoms with Gasteiger partial charge in [0.25, 0.3) is 0 Å². The van der Waals surface area contributed by atoms with Gasteiger partial charge >= 0.3 is 6.03 Å². The molecular formula is C18H22N2O. The number of hydrogen-bond acceptors (Lipinski definition) is 1. The van der Waals surface area contributed by atoms with Crippen LogP contribution in [0.4, 0.5) is 10.5 Å². The second-order valence-corrected chi connectivity index (χ2v) is 5.67. The molecule has 1 fully saturated rings. The lowest BCUT2D eigenvalue weighted by Gasteiger charge is -2.25. The van der Waals surface area contributed by atoms with Crippen molar-refractivity contribution in [1.29, 1.82) is 0 Å². The fraction of sp³-hybridized carbons (Fsp3) is 0.389. The maximum atomic E-state index is 12.6. The van der Waals surface area contributed by atoms with E-state index in [1.165, 1.54) is 18.2 Å². The third-order valence-electron chi connectivity index (χ3n) is 4.30. The summed E-state index contributed by atoms with van der Waals surface area (Å²) in [5, 5.41) is 5.48. The molecule has 1 saturated carbocycles. The van der Waals surface area contributed by atoms with Crippen molar-refractivity contribution >= 4 is 22.5 Å². The quantitative estimate of drug-likeness (QED) is 0.893. The first-order chi connectivity index (χ1) is 10.3. The van der Waals surface area contributed by atoms with Gasteiger partial charge in [0.05, 0.1) is 5.69 Å². The van der Waals surface area contributed by atoms with Crippen LogP contribution in [0.5, 0.6) is 0 Å². The standard InChI is InChI=1S/C18H22N2O/c1-2-20(18(21)19-15-10-4-5-11-15)17-13-7-9-14-8-3-6-12-16(14)17/h3,6-9,12-13,15H,2,4-5,10-11H2,1H3,(H,19,21). The van der Waals surface area contributed by atoms with Gasteiger partial charge in [0.2, 0.25) is 0 Å². The molecule has 3 rings (SSSR count). The Kier molecular flexibility index (Phi) is 4.09. The number of urea groups is 1. The summed E-state index contributed by atoms with van der Waals surface area (Å²) >= 11 is 0. The fourth-order valence-electron chi connectivity index (χ4n) is 3.19. The fourth-order valence-corrected chi connectivity index (χ4v) is 3.19. The average molecular weight is 282 g/mol. The number of fused-ring (bicyclic) bond motifs is 1. The number of anilines is 1. The molecule has 2 aromatic rings. The molecule has 0 aliphatic heterocycles. The van der Waals surface area contributed by atoms with Gasteiger partial charge in [-0.15, -0.1) is 0 Å². The van der Waals surface area contributed by atoms with E-state index in [0.717, 1.165) is 23.9 Å². The summed E-state index contributed by atoms with van der Waals surface area (Å²) in [6.45, 7) is 2.70. The molecule has 1 aliphatic carbocycles. The van der Waals surface area contributed by atoms with Gasteiger partial charge in [0.15, 0.2) is 0 Å². The van der Waals surface area contributed by atoms with E-state index in [2.05, 4.69) is 23.5 Å². The van der Waals surface area contributed by atoms with E-state index in [4.69, 9.17) is 0 Å². The van der Waals surface area contributed by atoms with Gasteiger partial charge in [0, 0.05) is 18.0 Å². The van der Waals surface area contributed by atoms with E-state index in [-0.39, 0.29) is 6.03 Å². The Balaban J connectivity index is 1.88. The minimum Gasteiger partial charge on any atom is -0.335 e. The number of hydrogen-bond donors (Lipinski definition) is 1. The summed E-state index contributed by atoms with van der Waals surface area (Å²) < 4.78 is 0. The van der Waals surface area contributed by atoms with Crippen molar-refractivity contribution in [3.8, 4) is 0 Å². The number of nitrogens with one attached hydrogen (secondary N) is 1. The monoisotopic (exact) mass is 282 g/mol. The molecule has 2 amide bonds. The SMILES string of the molecule is CCN(C(=O)NC1CCCC1)c1cccc2ccccc12. The highest BCUT2D eigenvalue weighted by Gasteiger charge is 2.21. The van der Waals surface area contributed by atoms with Crippen LogP contribution in [-0.4, -0.2) is 18.6 Å². The molecule has 0 heterocycles. The zero-order valence-electron chi connectivity index (χ0n) is 12.5. The maximum absolute atomic E-state index is 12.6. The Morgan fingerprint density at radius 2 is 1.86 bits per heavy atom. The van der Waals surface area contributed by atoms with Gasteiger partial charge in [-0.25, -0.2) is 4.79 Å². The largest absolute Gasteiger partial charge is 0.335 e. The van der Waals surface area contributed by atoms with Crippen molar-refractivity contribution in [2.75, 3.05) is 11.4 Å². The van der Waals surface area contributed by atoms with Crippen molar-refractivity contribution in [1.82, 2.24) is 5.32 Å². The molecule has 0 unspecified atom stereocenters. The summed E-state index contributed by atoms with van der Waals surface area (Å²) in [5.41, 5.74) is 0.992. The number of nitrogens with zero attached hydrogens (tertiary/aromatic N) is 1. The average Bonchev–Trinajstić information content (AvgIpc) is 3.01. The molecule has 0 saturated heterocycles. The maximum Gasteiger partial charge on any atom is 0.322 e. The van der Waals surface area contributed by atoms with Crippen LogP contribution < -0.4 is 10.2 Å². The van der Waals surface area contributed by atoms with Crippen LogP contribution in [0, 0.1) is 0 Å². The van der Waals surface area contributed by atoms with Crippen LogP contribution in [0.25, 0.3) is 10.8 Å². The Bertz CT molecular complexity index is 627. The first-order valence-electron chi connectivity index (χ1n) is 7.85.